The summed E-state index contributed by atoms with van der Waals surface area (Å²) in [5.74, 6) is 0.896. The molecule has 0 aliphatic heterocycles. The Hall–Kier alpha value is -2.03. The molecular formula is C19H20ClNO. The monoisotopic (exact) mass is 313 g/mol. The van der Waals surface area contributed by atoms with Gasteiger partial charge in [0.1, 0.15) is 5.75 Å². The molecule has 0 bridgehead atoms. The SMILES string of the molecule is COc1ccc(CNCc2cccc3ccccc23)cc1.Cl. The lowest BCUT2D eigenvalue weighted by atomic mass is 10.0. The molecule has 0 aromatic heterocycles. The Kier molecular flexibility index (Phi) is 5.82. The topological polar surface area (TPSA) is 21.3 Å². The van der Waals surface area contributed by atoms with E-state index < -0.39 is 0 Å². The van der Waals surface area contributed by atoms with Crippen LogP contribution in [0.25, 0.3) is 10.8 Å². The van der Waals surface area contributed by atoms with Crippen LogP contribution in [0.1, 0.15) is 11.1 Å². The molecule has 22 heavy (non-hydrogen) atoms. The number of hydrogen-bond acceptors (Lipinski definition) is 2. The number of fused-ring (bicyclic) bond motifs is 1. The summed E-state index contributed by atoms with van der Waals surface area (Å²) < 4.78 is 5.17. The average Bonchev–Trinajstić information content (AvgIpc) is 2.56. The quantitative estimate of drug-likeness (QED) is 0.745. The van der Waals surface area contributed by atoms with Crippen molar-refractivity contribution in [2.24, 2.45) is 0 Å². The van der Waals surface area contributed by atoms with Gasteiger partial charge < -0.3 is 10.1 Å². The van der Waals surface area contributed by atoms with Crippen LogP contribution < -0.4 is 10.1 Å². The minimum atomic E-state index is 0. The van der Waals surface area contributed by atoms with Gasteiger partial charge in [-0.25, -0.2) is 0 Å². The van der Waals surface area contributed by atoms with Crippen molar-refractivity contribution in [3.63, 3.8) is 0 Å². The van der Waals surface area contributed by atoms with Crippen molar-refractivity contribution in [2.75, 3.05) is 7.11 Å². The third-order valence-electron chi connectivity index (χ3n) is 3.68. The number of ether oxygens (including phenoxy) is 1. The summed E-state index contributed by atoms with van der Waals surface area (Å²) in [6.45, 7) is 1.72. The second-order valence-corrected chi connectivity index (χ2v) is 5.09. The molecule has 0 atom stereocenters. The minimum Gasteiger partial charge on any atom is -0.497 e. The van der Waals surface area contributed by atoms with Gasteiger partial charge in [0.25, 0.3) is 0 Å². The molecule has 3 heteroatoms. The molecule has 0 saturated heterocycles. The van der Waals surface area contributed by atoms with Crippen molar-refractivity contribution in [1.82, 2.24) is 5.32 Å². The molecule has 3 aromatic carbocycles. The Bertz CT molecular complexity index is 720. The van der Waals surface area contributed by atoms with Gasteiger partial charge in [-0.15, -0.1) is 12.4 Å². The van der Waals surface area contributed by atoms with E-state index in [1.807, 2.05) is 12.1 Å². The van der Waals surface area contributed by atoms with Crippen molar-refractivity contribution >= 4 is 23.2 Å². The van der Waals surface area contributed by atoms with E-state index in [0.717, 1.165) is 18.8 Å². The number of halogens is 1. The highest BCUT2D eigenvalue weighted by atomic mass is 35.5. The van der Waals surface area contributed by atoms with Crippen LogP contribution in [-0.2, 0) is 13.1 Å². The molecule has 2 nitrogen and oxygen atoms in total. The normalized spacial score (nSPS) is 10.2. The predicted octanol–water partition coefficient (Wildman–Crippen LogP) is 4.56. The maximum atomic E-state index is 5.17. The number of nitrogens with one attached hydrogen (secondary N) is 1. The highest BCUT2D eigenvalue weighted by Gasteiger charge is 2.00. The van der Waals surface area contributed by atoms with E-state index in [9.17, 15) is 0 Å². The van der Waals surface area contributed by atoms with Gasteiger partial charge in [0.15, 0.2) is 0 Å². The van der Waals surface area contributed by atoms with Crippen molar-refractivity contribution < 1.29 is 4.74 Å². The minimum absolute atomic E-state index is 0. The Morgan fingerprint density at radius 3 is 2.32 bits per heavy atom. The van der Waals surface area contributed by atoms with Crippen LogP contribution in [0.4, 0.5) is 0 Å². The van der Waals surface area contributed by atoms with Gasteiger partial charge >= 0.3 is 0 Å². The Morgan fingerprint density at radius 1 is 0.818 bits per heavy atom. The van der Waals surface area contributed by atoms with E-state index >= 15 is 0 Å². The van der Waals surface area contributed by atoms with Crippen LogP contribution in [0, 0.1) is 0 Å². The van der Waals surface area contributed by atoms with Gasteiger partial charge in [0, 0.05) is 13.1 Å². The van der Waals surface area contributed by atoms with E-state index in [-0.39, 0.29) is 12.4 Å². The van der Waals surface area contributed by atoms with E-state index in [0.29, 0.717) is 0 Å². The maximum Gasteiger partial charge on any atom is 0.118 e. The largest absolute Gasteiger partial charge is 0.497 e. The summed E-state index contributed by atoms with van der Waals surface area (Å²) in [4.78, 5) is 0. The number of hydrogen-bond donors (Lipinski definition) is 1. The standard InChI is InChI=1S/C19H19NO.ClH/c1-21-18-11-9-15(10-12-18)13-20-14-17-7-4-6-16-5-2-3-8-19(16)17;/h2-12,20H,13-14H2,1H3;1H. The average molecular weight is 314 g/mol. The Balaban J connectivity index is 0.00000176. The fraction of sp³-hybridized carbons (Fsp3) is 0.158. The molecule has 1 N–H and O–H groups in total. The zero-order chi connectivity index (χ0) is 14.5. The zero-order valence-electron chi connectivity index (χ0n) is 12.6. The summed E-state index contributed by atoms with van der Waals surface area (Å²) in [5, 5.41) is 6.12. The molecule has 0 aliphatic rings. The van der Waals surface area contributed by atoms with Gasteiger partial charge in [-0.05, 0) is 34.0 Å². The summed E-state index contributed by atoms with van der Waals surface area (Å²) in [6, 6.07) is 23.1. The molecule has 3 aromatic rings. The molecular weight excluding hydrogens is 294 g/mol. The van der Waals surface area contributed by atoms with Crippen LogP contribution in [0.5, 0.6) is 5.75 Å². The number of benzene rings is 3. The van der Waals surface area contributed by atoms with Crippen molar-refractivity contribution in [2.45, 2.75) is 13.1 Å². The second kappa shape index (κ2) is 7.83. The highest BCUT2D eigenvalue weighted by molar-refractivity contribution is 5.85. The van der Waals surface area contributed by atoms with Crippen LogP contribution >= 0.6 is 12.4 Å². The molecule has 0 fully saturated rings. The predicted molar refractivity (Wildman–Crippen MR) is 94.7 cm³/mol. The highest BCUT2D eigenvalue weighted by Crippen LogP contribution is 2.18. The van der Waals surface area contributed by atoms with Crippen LogP contribution in [0.3, 0.4) is 0 Å². The smallest absolute Gasteiger partial charge is 0.118 e. The first-order valence-electron chi connectivity index (χ1n) is 7.17. The summed E-state index contributed by atoms with van der Waals surface area (Å²) in [6.07, 6.45) is 0. The fourth-order valence-electron chi connectivity index (χ4n) is 2.53. The van der Waals surface area contributed by atoms with Gasteiger partial charge in [-0.2, -0.15) is 0 Å². The molecule has 0 spiro atoms. The first-order chi connectivity index (χ1) is 10.4. The van der Waals surface area contributed by atoms with Gasteiger partial charge in [-0.3, -0.25) is 0 Å². The molecule has 3 rings (SSSR count). The van der Waals surface area contributed by atoms with E-state index in [1.54, 1.807) is 7.11 Å². The fourth-order valence-corrected chi connectivity index (χ4v) is 2.53. The Labute approximate surface area is 137 Å². The van der Waals surface area contributed by atoms with Crippen molar-refractivity contribution in [1.29, 1.82) is 0 Å². The second-order valence-electron chi connectivity index (χ2n) is 5.09. The molecule has 0 aliphatic carbocycles. The zero-order valence-corrected chi connectivity index (χ0v) is 13.4. The lowest BCUT2D eigenvalue weighted by Gasteiger charge is -2.09. The third-order valence-corrected chi connectivity index (χ3v) is 3.68. The molecule has 114 valence electrons. The van der Waals surface area contributed by atoms with Crippen molar-refractivity contribution in [3.05, 3.63) is 77.9 Å². The van der Waals surface area contributed by atoms with E-state index in [4.69, 9.17) is 4.74 Å². The van der Waals surface area contributed by atoms with E-state index in [2.05, 4.69) is 59.9 Å². The van der Waals surface area contributed by atoms with Gasteiger partial charge in [0.2, 0.25) is 0 Å². The molecule has 0 amide bonds. The first-order valence-corrected chi connectivity index (χ1v) is 7.17. The molecule has 0 heterocycles. The van der Waals surface area contributed by atoms with E-state index in [1.165, 1.54) is 21.9 Å². The van der Waals surface area contributed by atoms with Crippen LogP contribution in [0.2, 0.25) is 0 Å². The summed E-state index contributed by atoms with van der Waals surface area (Å²) in [7, 11) is 1.69. The number of methoxy groups -OCH3 is 1. The summed E-state index contributed by atoms with van der Waals surface area (Å²) in [5.41, 5.74) is 2.60. The molecule has 0 unspecified atom stereocenters. The lowest BCUT2D eigenvalue weighted by Crippen LogP contribution is -2.12. The van der Waals surface area contributed by atoms with Crippen molar-refractivity contribution in [3.8, 4) is 5.75 Å². The first kappa shape index (κ1) is 16.3. The lowest BCUT2D eigenvalue weighted by molar-refractivity contribution is 0.414. The maximum absolute atomic E-state index is 5.17. The van der Waals surface area contributed by atoms with Gasteiger partial charge in [-0.1, -0.05) is 54.6 Å². The van der Waals surface area contributed by atoms with Gasteiger partial charge in [0.05, 0.1) is 7.11 Å². The number of rotatable bonds is 5. The summed E-state index contributed by atoms with van der Waals surface area (Å²) >= 11 is 0. The molecule has 0 radical (unpaired) electrons. The third kappa shape index (κ3) is 3.79. The molecule has 0 saturated carbocycles. The van der Waals surface area contributed by atoms with Crippen LogP contribution in [-0.4, -0.2) is 7.11 Å². The Morgan fingerprint density at radius 2 is 1.55 bits per heavy atom. The van der Waals surface area contributed by atoms with Crippen LogP contribution in [0.15, 0.2) is 66.7 Å².